The Bertz CT molecular complexity index is 1010. The number of fused-ring (bicyclic) bond motifs is 1. The predicted octanol–water partition coefficient (Wildman–Crippen LogP) is 6.14. The zero-order valence-corrected chi connectivity index (χ0v) is 14.8. The molecular weight excluding hydrogens is 353 g/mol. The fourth-order valence-corrected chi connectivity index (χ4v) is 3.07. The fourth-order valence-electron chi connectivity index (χ4n) is 2.78. The zero-order valence-electron chi connectivity index (χ0n) is 13.3. The molecule has 5 heteroatoms. The molecule has 0 saturated heterocycles. The number of para-hydroxylation sites is 1. The molecule has 124 valence electrons. The molecule has 1 heterocycles. The molecule has 0 fully saturated rings. The number of rotatable bonds is 4. The average molecular weight is 368 g/mol. The molecule has 0 aliphatic carbocycles. The van der Waals surface area contributed by atoms with Crippen molar-refractivity contribution in [3.63, 3.8) is 0 Å². The Morgan fingerprint density at radius 1 is 0.840 bits per heavy atom. The highest BCUT2D eigenvalue weighted by Crippen LogP contribution is 2.26. The van der Waals surface area contributed by atoms with Gasteiger partial charge >= 0.3 is 0 Å². The molecule has 0 aliphatic rings. The minimum absolute atomic E-state index is 0.676. The molecule has 3 nitrogen and oxygen atoms in total. The van der Waals surface area contributed by atoms with Gasteiger partial charge in [0.1, 0.15) is 0 Å². The summed E-state index contributed by atoms with van der Waals surface area (Å²) >= 11 is 12.1. The van der Waals surface area contributed by atoms with Gasteiger partial charge in [-0.2, -0.15) is 0 Å². The topological polar surface area (TPSA) is 29.9 Å². The van der Waals surface area contributed by atoms with E-state index in [1.54, 1.807) is 0 Å². The Balaban J connectivity index is 1.78. The first-order valence-corrected chi connectivity index (χ1v) is 8.67. The molecule has 4 aromatic rings. The lowest BCUT2D eigenvalue weighted by Crippen LogP contribution is -2.05. The number of halogens is 2. The van der Waals surface area contributed by atoms with Crippen LogP contribution in [0.2, 0.25) is 10.0 Å². The normalized spacial score (nSPS) is 11.0. The van der Waals surface area contributed by atoms with Crippen LogP contribution in [0.5, 0.6) is 0 Å². The SMILES string of the molecule is Clc1ccc(Cn2c(Nc3ccccc3)nc3cc(Cl)ccc32)cc1. The van der Waals surface area contributed by atoms with Crippen LogP contribution >= 0.6 is 23.2 Å². The smallest absolute Gasteiger partial charge is 0.208 e. The quantitative estimate of drug-likeness (QED) is 0.469. The Morgan fingerprint density at radius 2 is 1.56 bits per heavy atom. The van der Waals surface area contributed by atoms with E-state index in [1.807, 2.05) is 72.8 Å². The fraction of sp³-hybridized carbons (Fsp3) is 0.0500. The van der Waals surface area contributed by atoms with E-state index in [9.17, 15) is 0 Å². The number of hydrogen-bond donors (Lipinski definition) is 1. The molecule has 3 aromatic carbocycles. The van der Waals surface area contributed by atoms with E-state index >= 15 is 0 Å². The number of nitrogens with one attached hydrogen (secondary N) is 1. The van der Waals surface area contributed by atoms with Crippen molar-refractivity contribution in [2.24, 2.45) is 0 Å². The van der Waals surface area contributed by atoms with E-state index in [0.29, 0.717) is 11.6 Å². The molecule has 4 rings (SSSR count). The van der Waals surface area contributed by atoms with Gasteiger partial charge in [0.2, 0.25) is 5.95 Å². The van der Waals surface area contributed by atoms with Crippen molar-refractivity contribution >= 4 is 45.9 Å². The molecule has 0 saturated carbocycles. The number of aromatic nitrogens is 2. The maximum Gasteiger partial charge on any atom is 0.208 e. The molecule has 0 aliphatic heterocycles. The van der Waals surface area contributed by atoms with E-state index in [-0.39, 0.29) is 0 Å². The molecule has 1 N–H and O–H groups in total. The van der Waals surface area contributed by atoms with Crippen LogP contribution in [0.4, 0.5) is 11.6 Å². The molecule has 0 amide bonds. The molecule has 0 bridgehead atoms. The summed E-state index contributed by atoms with van der Waals surface area (Å²) in [6.45, 7) is 0.685. The highest BCUT2D eigenvalue weighted by atomic mass is 35.5. The van der Waals surface area contributed by atoms with Gasteiger partial charge in [0, 0.05) is 15.7 Å². The predicted molar refractivity (Wildman–Crippen MR) is 105 cm³/mol. The van der Waals surface area contributed by atoms with E-state index in [0.717, 1.165) is 33.3 Å². The first kappa shape index (κ1) is 16.0. The minimum Gasteiger partial charge on any atom is -0.326 e. The summed E-state index contributed by atoms with van der Waals surface area (Å²) in [7, 11) is 0. The van der Waals surface area contributed by atoms with Gasteiger partial charge in [0.15, 0.2) is 0 Å². The van der Waals surface area contributed by atoms with E-state index in [1.165, 1.54) is 0 Å². The van der Waals surface area contributed by atoms with Crippen molar-refractivity contribution in [3.8, 4) is 0 Å². The van der Waals surface area contributed by atoms with Crippen molar-refractivity contribution in [2.45, 2.75) is 6.54 Å². The second kappa shape index (κ2) is 6.79. The summed E-state index contributed by atoms with van der Waals surface area (Å²) in [5.41, 5.74) is 4.02. The Morgan fingerprint density at radius 3 is 2.32 bits per heavy atom. The summed E-state index contributed by atoms with van der Waals surface area (Å²) < 4.78 is 2.14. The molecular formula is C20H15Cl2N3. The van der Waals surface area contributed by atoms with Gasteiger partial charge in [-0.3, -0.25) is 0 Å². The van der Waals surface area contributed by atoms with Crippen molar-refractivity contribution in [2.75, 3.05) is 5.32 Å². The number of benzene rings is 3. The van der Waals surface area contributed by atoms with Gasteiger partial charge in [-0.05, 0) is 48.0 Å². The van der Waals surface area contributed by atoms with Gasteiger partial charge in [-0.25, -0.2) is 4.98 Å². The number of anilines is 2. The van der Waals surface area contributed by atoms with Crippen LogP contribution in [0.15, 0.2) is 72.8 Å². The van der Waals surface area contributed by atoms with Crippen LogP contribution in [0.3, 0.4) is 0 Å². The van der Waals surface area contributed by atoms with Crippen LogP contribution < -0.4 is 5.32 Å². The summed E-state index contributed by atoms with van der Waals surface area (Å²) in [5, 5.41) is 4.80. The summed E-state index contributed by atoms with van der Waals surface area (Å²) in [6.07, 6.45) is 0. The van der Waals surface area contributed by atoms with Crippen LogP contribution in [0.1, 0.15) is 5.56 Å². The van der Waals surface area contributed by atoms with Crippen LogP contribution in [-0.4, -0.2) is 9.55 Å². The van der Waals surface area contributed by atoms with E-state index in [4.69, 9.17) is 28.2 Å². The molecule has 0 radical (unpaired) electrons. The average Bonchev–Trinajstić information content (AvgIpc) is 2.94. The Kier molecular flexibility index (Phi) is 4.35. The number of imidazole rings is 1. The maximum atomic E-state index is 6.13. The van der Waals surface area contributed by atoms with Crippen molar-refractivity contribution in [3.05, 3.63) is 88.4 Å². The molecule has 0 unspecified atom stereocenters. The number of nitrogens with zero attached hydrogens (tertiary/aromatic N) is 2. The molecule has 0 spiro atoms. The third-order valence-electron chi connectivity index (χ3n) is 3.99. The zero-order chi connectivity index (χ0) is 17.2. The second-order valence-electron chi connectivity index (χ2n) is 5.77. The number of hydrogen-bond acceptors (Lipinski definition) is 2. The van der Waals surface area contributed by atoms with Crippen LogP contribution in [0.25, 0.3) is 11.0 Å². The van der Waals surface area contributed by atoms with Gasteiger partial charge in [0.05, 0.1) is 17.6 Å². The summed E-state index contributed by atoms with van der Waals surface area (Å²) in [4.78, 5) is 4.72. The third kappa shape index (κ3) is 3.48. The third-order valence-corrected chi connectivity index (χ3v) is 4.48. The lowest BCUT2D eigenvalue weighted by Gasteiger charge is -2.11. The molecule has 25 heavy (non-hydrogen) atoms. The van der Waals surface area contributed by atoms with Crippen LogP contribution in [-0.2, 0) is 6.54 Å². The maximum absolute atomic E-state index is 6.13. The van der Waals surface area contributed by atoms with Gasteiger partial charge < -0.3 is 9.88 Å². The molecule has 0 atom stereocenters. The van der Waals surface area contributed by atoms with Gasteiger partial charge in [0.25, 0.3) is 0 Å². The standard InChI is InChI=1S/C20H15Cl2N3/c21-15-8-6-14(7-9-15)13-25-19-11-10-16(22)12-18(19)24-20(25)23-17-4-2-1-3-5-17/h1-12H,13H2,(H,23,24). The highest BCUT2D eigenvalue weighted by molar-refractivity contribution is 6.31. The minimum atomic E-state index is 0.676. The Labute approximate surface area is 155 Å². The van der Waals surface area contributed by atoms with Crippen LogP contribution in [0, 0.1) is 0 Å². The highest BCUT2D eigenvalue weighted by Gasteiger charge is 2.12. The van der Waals surface area contributed by atoms with Crippen molar-refractivity contribution in [1.29, 1.82) is 0 Å². The first-order chi connectivity index (χ1) is 12.2. The molecule has 1 aromatic heterocycles. The monoisotopic (exact) mass is 367 g/mol. The van der Waals surface area contributed by atoms with Crippen molar-refractivity contribution < 1.29 is 0 Å². The van der Waals surface area contributed by atoms with E-state index in [2.05, 4.69) is 9.88 Å². The summed E-state index contributed by atoms with van der Waals surface area (Å²) in [5.74, 6) is 0.776. The lowest BCUT2D eigenvalue weighted by atomic mass is 10.2. The van der Waals surface area contributed by atoms with Gasteiger partial charge in [-0.1, -0.05) is 53.5 Å². The largest absolute Gasteiger partial charge is 0.326 e. The Hall–Kier alpha value is -2.49. The van der Waals surface area contributed by atoms with Crippen molar-refractivity contribution in [1.82, 2.24) is 9.55 Å². The van der Waals surface area contributed by atoms with E-state index < -0.39 is 0 Å². The van der Waals surface area contributed by atoms with Gasteiger partial charge in [-0.15, -0.1) is 0 Å². The summed E-state index contributed by atoms with van der Waals surface area (Å²) in [6, 6.07) is 23.6. The lowest BCUT2D eigenvalue weighted by molar-refractivity contribution is 0.835. The second-order valence-corrected chi connectivity index (χ2v) is 6.64. The first-order valence-electron chi connectivity index (χ1n) is 7.91.